The highest BCUT2D eigenvalue weighted by Crippen LogP contribution is 2.35. The molecule has 0 aliphatic rings. The van der Waals surface area contributed by atoms with Crippen molar-refractivity contribution < 1.29 is 13.3 Å². The fraction of sp³-hybridized carbons (Fsp3) is 0.444. The minimum Gasteiger partial charge on any atom is -0.400 e. The van der Waals surface area contributed by atoms with Crippen LogP contribution in [0.5, 0.6) is 5.75 Å². The molecule has 1 heterocycles. The van der Waals surface area contributed by atoms with Gasteiger partial charge in [0.2, 0.25) is 11.1 Å². The molecule has 1 aromatic heterocycles. The number of alkyl halides is 1. The van der Waals surface area contributed by atoms with Gasteiger partial charge in [0.15, 0.2) is 0 Å². The molecule has 0 bridgehead atoms. The van der Waals surface area contributed by atoms with E-state index in [0.29, 0.717) is 17.2 Å². The molecule has 2 unspecified atom stereocenters. The molecular formula is C18H23ClN2O4S2. The summed E-state index contributed by atoms with van der Waals surface area (Å²) in [7, 11) is 0. The van der Waals surface area contributed by atoms with Crippen molar-refractivity contribution in [1.82, 2.24) is 0 Å². The van der Waals surface area contributed by atoms with E-state index in [9.17, 15) is 14.3 Å². The topological polar surface area (TPSA) is 72.7 Å². The van der Waals surface area contributed by atoms with E-state index in [0.717, 1.165) is 42.1 Å². The summed E-state index contributed by atoms with van der Waals surface area (Å²) in [5.74, 6) is 1.01. The Labute approximate surface area is 170 Å². The van der Waals surface area contributed by atoms with Crippen LogP contribution in [0.25, 0.3) is 0 Å². The summed E-state index contributed by atoms with van der Waals surface area (Å²) < 4.78 is 18.1. The molecule has 1 aromatic carbocycles. The van der Waals surface area contributed by atoms with Crippen LogP contribution in [-0.4, -0.2) is 28.1 Å². The molecule has 2 rings (SSSR count). The van der Waals surface area contributed by atoms with Crippen LogP contribution in [-0.2, 0) is 11.1 Å². The Balaban J connectivity index is 2.15. The number of thiophene rings is 1. The number of halogens is 1. The predicted molar refractivity (Wildman–Crippen MR) is 113 cm³/mol. The second-order valence-corrected chi connectivity index (χ2v) is 8.72. The summed E-state index contributed by atoms with van der Waals surface area (Å²) in [4.78, 5) is 12.8. The van der Waals surface area contributed by atoms with Crippen LogP contribution in [0.1, 0.15) is 36.6 Å². The van der Waals surface area contributed by atoms with Crippen molar-refractivity contribution in [1.29, 1.82) is 0 Å². The number of nitrogens with zero attached hydrogens (tertiary/aromatic N) is 2. The zero-order valence-corrected chi connectivity index (χ0v) is 17.9. The normalized spacial score (nSPS) is 13.2. The standard InChI is InChI=1S/C18H23ClN2O4S2/c1-4-9-20(10-8-19)17-6-5-15(12-13(17)2)25-27(24)14(3)16-7-11-26-18(16)21(22)23/h5-7,11-12,14H,4,8-10H2,1-3H3. The Morgan fingerprint density at radius 2 is 2.11 bits per heavy atom. The first-order chi connectivity index (χ1) is 12.9. The van der Waals surface area contributed by atoms with Gasteiger partial charge in [-0.15, -0.1) is 11.6 Å². The molecule has 0 amide bonds. The Morgan fingerprint density at radius 3 is 2.70 bits per heavy atom. The second-order valence-electron chi connectivity index (χ2n) is 6.05. The van der Waals surface area contributed by atoms with Gasteiger partial charge in [-0.1, -0.05) is 18.3 Å². The smallest absolute Gasteiger partial charge is 0.328 e. The summed E-state index contributed by atoms with van der Waals surface area (Å²) in [6, 6.07) is 7.16. The van der Waals surface area contributed by atoms with Crippen LogP contribution in [0.4, 0.5) is 10.7 Å². The third-order valence-corrected chi connectivity index (χ3v) is 6.34. The zero-order valence-electron chi connectivity index (χ0n) is 15.5. The molecule has 27 heavy (non-hydrogen) atoms. The quantitative estimate of drug-likeness (QED) is 0.293. The molecule has 2 atom stereocenters. The lowest BCUT2D eigenvalue weighted by Gasteiger charge is -2.25. The van der Waals surface area contributed by atoms with Gasteiger partial charge in [-0.2, -0.15) is 0 Å². The highest BCUT2D eigenvalue weighted by atomic mass is 35.5. The van der Waals surface area contributed by atoms with E-state index < -0.39 is 21.3 Å². The van der Waals surface area contributed by atoms with Crippen LogP contribution in [0, 0.1) is 17.0 Å². The Hall–Kier alpha value is -1.64. The van der Waals surface area contributed by atoms with Crippen molar-refractivity contribution in [3.05, 3.63) is 50.9 Å². The van der Waals surface area contributed by atoms with Gasteiger partial charge >= 0.3 is 5.00 Å². The highest BCUT2D eigenvalue weighted by molar-refractivity contribution is 7.80. The molecule has 0 saturated carbocycles. The van der Waals surface area contributed by atoms with Crippen molar-refractivity contribution in [3.63, 3.8) is 0 Å². The van der Waals surface area contributed by atoms with Crippen molar-refractivity contribution in [2.45, 2.75) is 32.4 Å². The van der Waals surface area contributed by atoms with Gasteiger partial charge in [0.05, 0.1) is 10.5 Å². The maximum atomic E-state index is 12.6. The van der Waals surface area contributed by atoms with E-state index in [1.165, 1.54) is 0 Å². The highest BCUT2D eigenvalue weighted by Gasteiger charge is 2.26. The predicted octanol–water partition coefficient (Wildman–Crippen LogP) is 5.22. The van der Waals surface area contributed by atoms with E-state index in [-0.39, 0.29) is 5.00 Å². The molecule has 0 fully saturated rings. The van der Waals surface area contributed by atoms with Crippen LogP contribution in [0.15, 0.2) is 29.6 Å². The number of aryl methyl sites for hydroxylation is 1. The fourth-order valence-corrected chi connectivity index (χ4v) is 4.72. The van der Waals surface area contributed by atoms with Gasteiger partial charge in [-0.05, 0) is 55.5 Å². The second kappa shape index (κ2) is 10.1. The molecular weight excluding hydrogens is 408 g/mol. The Bertz CT molecular complexity index is 806. The van der Waals surface area contributed by atoms with Gasteiger partial charge in [0.1, 0.15) is 11.0 Å². The first kappa shape index (κ1) is 21.7. The Kier molecular flexibility index (Phi) is 8.07. The molecule has 0 aliphatic carbocycles. The number of rotatable bonds is 10. The molecule has 9 heteroatoms. The monoisotopic (exact) mass is 430 g/mol. The first-order valence-corrected chi connectivity index (χ1v) is 11.2. The third kappa shape index (κ3) is 5.43. The molecule has 2 aromatic rings. The first-order valence-electron chi connectivity index (χ1n) is 8.61. The molecule has 0 saturated heterocycles. The number of hydrogen-bond acceptors (Lipinski definition) is 6. The van der Waals surface area contributed by atoms with E-state index in [2.05, 4.69) is 11.8 Å². The van der Waals surface area contributed by atoms with Crippen molar-refractivity contribution in [2.75, 3.05) is 23.9 Å². The molecule has 0 radical (unpaired) electrons. The maximum absolute atomic E-state index is 12.6. The van der Waals surface area contributed by atoms with Crippen LogP contribution < -0.4 is 9.08 Å². The molecule has 0 N–H and O–H groups in total. The van der Waals surface area contributed by atoms with Gasteiger partial charge < -0.3 is 9.08 Å². The largest absolute Gasteiger partial charge is 0.400 e. The summed E-state index contributed by atoms with van der Waals surface area (Å²) in [5, 5.41) is 12.1. The fourth-order valence-electron chi connectivity index (χ4n) is 2.80. The van der Waals surface area contributed by atoms with Gasteiger partial charge in [0, 0.05) is 24.7 Å². The maximum Gasteiger partial charge on any atom is 0.328 e. The number of hydrogen-bond donors (Lipinski definition) is 0. The average Bonchev–Trinajstić information content (AvgIpc) is 3.11. The van der Waals surface area contributed by atoms with Gasteiger partial charge in [-0.3, -0.25) is 10.1 Å². The van der Waals surface area contributed by atoms with E-state index in [4.69, 9.17) is 15.8 Å². The molecule has 0 spiro atoms. The van der Waals surface area contributed by atoms with Crippen LogP contribution >= 0.6 is 22.9 Å². The van der Waals surface area contributed by atoms with E-state index in [1.807, 2.05) is 19.1 Å². The average molecular weight is 431 g/mol. The molecule has 0 aliphatic heterocycles. The van der Waals surface area contributed by atoms with Gasteiger partial charge in [0.25, 0.3) is 0 Å². The van der Waals surface area contributed by atoms with E-state index >= 15 is 0 Å². The van der Waals surface area contributed by atoms with Gasteiger partial charge in [-0.25, -0.2) is 4.21 Å². The lowest BCUT2D eigenvalue weighted by atomic mass is 10.1. The summed E-state index contributed by atoms with van der Waals surface area (Å²) in [5.41, 5.74) is 2.49. The number of nitro groups is 1. The summed E-state index contributed by atoms with van der Waals surface area (Å²) in [6.45, 7) is 7.40. The molecule has 148 valence electrons. The third-order valence-electron chi connectivity index (χ3n) is 4.10. The summed E-state index contributed by atoms with van der Waals surface area (Å²) >= 11 is 5.18. The van der Waals surface area contributed by atoms with E-state index in [1.54, 1.807) is 24.4 Å². The van der Waals surface area contributed by atoms with Crippen molar-refractivity contribution in [2.24, 2.45) is 0 Å². The number of anilines is 1. The minimum atomic E-state index is -1.74. The lowest BCUT2D eigenvalue weighted by molar-refractivity contribution is -0.380. The van der Waals surface area contributed by atoms with Crippen molar-refractivity contribution >= 4 is 44.7 Å². The molecule has 6 nitrogen and oxygen atoms in total. The van der Waals surface area contributed by atoms with Crippen LogP contribution in [0.2, 0.25) is 0 Å². The SMILES string of the molecule is CCCN(CCCl)c1ccc(OS(=O)C(C)c2ccsc2[N+](=O)[O-])cc1C. The van der Waals surface area contributed by atoms with Crippen LogP contribution in [0.3, 0.4) is 0 Å². The number of benzene rings is 1. The lowest BCUT2D eigenvalue weighted by Crippen LogP contribution is -2.26. The summed E-state index contributed by atoms with van der Waals surface area (Å²) in [6.07, 6.45) is 1.01. The Morgan fingerprint density at radius 1 is 1.37 bits per heavy atom. The van der Waals surface area contributed by atoms with Crippen molar-refractivity contribution in [3.8, 4) is 5.75 Å². The zero-order chi connectivity index (χ0) is 20.0. The minimum absolute atomic E-state index is 0.00209.